The van der Waals surface area contributed by atoms with Crippen LogP contribution in [0, 0.1) is 11.8 Å². The number of hydrogen-bond donors (Lipinski definition) is 8. The maximum absolute atomic E-state index is 14.8. The maximum Gasteiger partial charge on any atom is 0.407 e. The van der Waals surface area contributed by atoms with Gasteiger partial charge in [0.25, 0.3) is 23.7 Å². The second-order valence-corrected chi connectivity index (χ2v) is 24.8. The first-order valence-corrected chi connectivity index (χ1v) is 30.5. The lowest BCUT2D eigenvalue weighted by atomic mass is 10.0. The average molecular weight is 1310 g/mol. The third-order valence-corrected chi connectivity index (χ3v) is 17.2. The van der Waals surface area contributed by atoms with Gasteiger partial charge in [0.2, 0.25) is 11.8 Å². The van der Waals surface area contributed by atoms with Gasteiger partial charge in [0.1, 0.15) is 35.4 Å². The lowest BCUT2D eigenvalue weighted by Gasteiger charge is -2.29. The van der Waals surface area contributed by atoms with Crippen LogP contribution in [0.3, 0.4) is 0 Å². The predicted octanol–water partition coefficient (Wildman–Crippen LogP) is 12.2. The van der Waals surface area contributed by atoms with Gasteiger partial charge in [0.15, 0.2) is 0 Å². The van der Waals surface area contributed by atoms with Crippen molar-refractivity contribution >= 4 is 24.0 Å². The predicted molar refractivity (Wildman–Crippen MR) is 331 cm³/mol. The van der Waals surface area contributed by atoms with Crippen LogP contribution in [0.25, 0.3) is 67.3 Å². The number of nitrogens with zero attached hydrogens (tertiary/aromatic N) is 6. The van der Waals surface area contributed by atoms with E-state index in [0.29, 0.717) is 23.0 Å². The molecule has 4 aromatic heterocycles. The van der Waals surface area contributed by atoms with E-state index in [9.17, 15) is 54.3 Å². The van der Waals surface area contributed by atoms with E-state index in [1.807, 2.05) is 97.1 Å². The first-order chi connectivity index (χ1) is 44.6. The number of methoxy groups -OCH3 is 2. The molecule has 94 heavy (non-hydrogen) atoms. The average Bonchev–Trinajstić information content (AvgIpc) is 1.63. The smallest absolute Gasteiger partial charge is 0.407 e. The molecule has 4 fully saturated rings. The van der Waals surface area contributed by atoms with Gasteiger partial charge in [0, 0.05) is 25.7 Å². The molecule has 12 rings (SSSR count). The summed E-state index contributed by atoms with van der Waals surface area (Å²) in [6, 6.07) is 25.5. The van der Waals surface area contributed by atoms with Crippen molar-refractivity contribution in [3.63, 3.8) is 0 Å². The Kier molecular flexibility index (Phi) is 18.6. The van der Waals surface area contributed by atoms with E-state index < -0.39 is 122 Å². The van der Waals surface area contributed by atoms with Crippen molar-refractivity contribution in [2.24, 2.45) is 11.8 Å². The van der Waals surface area contributed by atoms with Gasteiger partial charge in [-0.3, -0.25) is 9.59 Å². The Balaban J connectivity index is 0.000000213. The lowest BCUT2D eigenvalue weighted by Crippen LogP contribution is -2.51. The van der Waals surface area contributed by atoms with E-state index in [2.05, 4.69) is 70.6 Å². The van der Waals surface area contributed by atoms with Crippen LogP contribution in [-0.2, 0) is 19.1 Å². The van der Waals surface area contributed by atoms with Gasteiger partial charge in [-0.1, -0.05) is 125 Å². The number of imidazole rings is 4. The summed E-state index contributed by atoms with van der Waals surface area (Å²) >= 11 is 0. The number of carbonyl (C=O) groups is 4. The molecule has 0 aliphatic carbocycles. The normalized spacial score (nSPS) is 20.8. The molecule has 4 aliphatic rings. The van der Waals surface area contributed by atoms with E-state index in [1.165, 1.54) is 12.4 Å². The molecule has 0 radical (unpaired) electrons. The minimum Gasteiger partial charge on any atom is -0.453 e. The molecule has 8 heterocycles. The number of ether oxygens (including phenoxy) is 2. The van der Waals surface area contributed by atoms with Crippen LogP contribution in [0.4, 0.5) is 44.7 Å². The lowest BCUT2D eigenvalue weighted by molar-refractivity contribution is -0.137. The standard InChI is InChI=1S/C40H46F4N8O6.C26H24F4N6/c1-21(2)31(49-37(55)57-5)35(53)51-19-39(41,42)15-29(51)33-45-17-27(47-33)25-11-7-23(8-12-25)24-9-13-26(14-10-24)28-18-46-34(48-28)30-16-40(43,44)20-52(30)36(54)32(22(3)4)50-38(56)58-6;27-25(28)9-19(33-13-25)23-31-11-21(35-23)17-5-1-15(2-6-17)16-3-7-18(8-4-16)22-12-32-24(36-22)20-10-26(29,30)14-34-20/h7-14,17-18,21-22,29-32H,15-16,19-20H2,1-6H3,(H,45,47)(H,46,48)(H,49,55)(H,50,56);1-8,11-12,19-20,33-34H,9-10,13-14H2,(H,31,35)(H,32,36)/t29-,30-,31-,32-;19-,20-/m00/s1. The van der Waals surface area contributed by atoms with Gasteiger partial charge < -0.3 is 60.5 Å². The van der Waals surface area contributed by atoms with Crippen molar-refractivity contribution in [3.8, 4) is 67.3 Å². The van der Waals surface area contributed by atoms with Gasteiger partial charge in [-0.25, -0.2) is 64.6 Å². The summed E-state index contributed by atoms with van der Waals surface area (Å²) in [5, 5.41) is 10.5. The summed E-state index contributed by atoms with van der Waals surface area (Å²) in [4.78, 5) is 82.7. The van der Waals surface area contributed by atoms with E-state index >= 15 is 0 Å². The molecule has 0 bridgehead atoms. The fourth-order valence-corrected chi connectivity index (χ4v) is 12.2. The Labute approximate surface area is 534 Å². The van der Waals surface area contributed by atoms with Crippen molar-refractivity contribution < 1.29 is 63.8 Å². The number of amides is 4. The maximum atomic E-state index is 14.8. The zero-order chi connectivity index (χ0) is 67.0. The van der Waals surface area contributed by atoms with E-state index in [4.69, 9.17) is 0 Å². The number of likely N-dealkylation sites (tertiary alicyclic amines) is 2. The Morgan fingerprint density at radius 2 is 0.691 bits per heavy atom. The van der Waals surface area contributed by atoms with Gasteiger partial charge >= 0.3 is 12.2 Å². The third kappa shape index (κ3) is 14.8. The highest BCUT2D eigenvalue weighted by Crippen LogP contribution is 2.44. The van der Waals surface area contributed by atoms with E-state index in [-0.39, 0.29) is 37.6 Å². The number of alkyl carbamates (subject to hydrolysis) is 2. The van der Waals surface area contributed by atoms with Gasteiger partial charge in [-0.05, 0) is 56.3 Å². The molecule has 8 aromatic rings. The minimum absolute atomic E-state index is 0.194. The third-order valence-electron chi connectivity index (χ3n) is 17.2. The highest BCUT2D eigenvalue weighted by molar-refractivity contribution is 5.87. The fraction of sp³-hybridized carbons (Fsp3) is 0.394. The number of halogens is 8. The number of alkyl halides is 8. The number of aromatic nitrogens is 8. The molecule has 8 N–H and O–H groups in total. The Morgan fingerprint density at radius 1 is 0.426 bits per heavy atom. The summed E-state index contributed by atoms with van der Waals surface area (Å²) in [6.45, 7) is 4.48. The van der Waals surface area contributed by atoms with Crippen LogP contribution >= 0.6 is 0 Å². The summed E-state index contributed by atoms with van der Waals surface area (Å²) in [5.74, 6) is -12.4. The van der Waals surface area contributed by atoms with Crippen molar-refractivity contribution in [1.82, 2.24) is 70.9 Å². The Hall–Kier alpha value is -9.44. The molecule has 0 unspecified atom stereocenters. The molecule has 4 amide bonds. The molecule has 0 saturated carbocycles. The number of benzene rings is 4. The minimum atomic E-state index is -3.16. The second-order valence-electron chi connectivity index (χ2n) is 24.8. The number of nitrogens with one attached hydrogen (secondary N) is 8. The zero-order valence-corrected chi connectivity index (χ0v) is 52.0. The number of rotatable bonds is 16. The molecule has 20 nitrogen and oxygen atoms in total. The summed E-state index contributed by atoms with van der Waals surface area (Å²) in [5.41, 5.74) is 9.71. The number of carbonyl (C=O) groups excluding carboxylic acids is 4. The first-order valence-electron chi connectivity index (χ1n) is 30.5. The summed E-state index contributed by atoms with van der Waals surface area (Å²) in [6.07, 6.45) is 2.91. The first kappa shape index (κ1) is 66.0. The molecule has 0 spiro atoms. The van der Waals surface area contributed by atoms with E-state index in [0.717, 1.165) is 79.9 Å². The van der Waals surface area contributed by atoms with Gasteiger partial charge in [-0.2, -0.15) is 0 Å². The molecule has 4 aliphatic heterocycles. The van der Waals surface area contributed by atoms with Crippen molar-refractivity contribution in [2.45, 2.75) is 113 Å². The molecule has 496 valence electrons. The van der Waals surface area contributed by atoms with Crippen LogP contribution in [0.5, 0.6) is 0 Å². The molecule has 4 saturated heterocycles. The summed E-state index contributed by atoms with van der Waals surface area (Å²) in [7, 11) is 2.31. The van der Waals surface area contributed by atoms with Crippen LogP contribution < -0.4 is 21.3 Å². The van der Waals surface area contributed by atoms with Crippen molar-refractivity contribution in [1.29, 1.82) is 0 Å². The SMILES string of the molecule is COC(=O)N[C@H](C(=O)N1CC(F)(F)C[C@H]1c1ncc(-c2ccc(-c3ccc(-c4cnc([C@@H]5CC(F)(F)CN5C(=O)[C@@H](NC(=O)OC)C(C)C)[nH]4)cc3)cc2)[nH]1)C(C)C.FC1(F)CN[C@H](c2ncc(-c3ccc(-c4ccc(-c5cnc([C@@H]6CC(F)(F)CN6)[nH]5)cc4)cc3)[nH]2)C1. The molecular formula is C66H70F8N14O6. The van der Waals surface area contributed by atoms with E-state index in [1.54, 1.807) is 40.1 Å². The highest BCUT2D eigenvalue weighted by Gasteiger charge is 2.52. The quantitative estimate of drug-likeness (QED) is 0.0420. The topological polar surface area (TPSA) is 256 Å². The van der Waals surface area contributed by atoms with Crippen LogP contribution in [-0.4, -0.2) is 150 Å². The largest absolute Gasteiger partial charge is 0.453 e. The molecule has 6 atom stereocenters. The molecule has 4 aromatic carbocycles. The molecular weight excluding hydrogens is 1240 g/mol. The van der Waals surface area contributed by atoms with Crippen LogP contribution in [0.1, 0.15) is 101 Å². The zero-order valence-electron chi connectivity index (χ0n) is 52.0. The number of aromatic amines is 4. The summed E-state index contributed by atoms with van der Waals surface area (Å²) < 4.78 is 122. The van der Waals surface area contributed by atoms with Gasteiger partial charge in [0.05, 0.1) is 112 Å². The van der Waals surface area contributed by atoms with Crippen molar-refractivity contribution in [3.05, 3.63) is 145 Å². The van der Waals surface area contributed by atoms with Crippen LogP contribution in [0.15, 0.2) is 122 Å². The Morgan fingerprint density at radius 3 is 0.947 bits per heavy atom. The van der Waals surface area contributed by atoms with Crippen LogP contribution in [0.2, 0.25) is 0 Å². The van der Waals surface area contributed by atoms with Crippen molar-refractivity contribution in [2.75, 3.05) is 40.4 Å². The fourth-order valence-electron chi connectivity index (χ4n) is 12.2. The number of hydrogen-bond acceptors (Lipinski definition) is 12. The van der Waals surface area contributed by atoms with Gasteiger partial charge in [-0.15, -0.1) is 0 Å². The number of H-pyrrole nitrogens is 4. The molecule has 28 heteroatoms. The highest BCUT2D eigenvalue weighted by atomic mass is 19.3. The monoisotopic (exact) mass is 1310 g/mol. The second kappa shape index (κ2) is 26.5. The Bertz CT molecular complexity index is 3730.